The Morgan fingerprint density at radius 1 is 1.24 bits per heavy atom. The van der Waals surface area contributed by atoms with Crippen LogP contribution in [0.4, 0.5) is 0 Å². The monoisotopic (exact) mass is 358 g/mol. The molecule has 0 unspecified atom stereocenters. The first-order chi connectivity index (χ1) is 12.0. The Kier molecular flexibility index (Phi) is 4.00. The number of methoxy groups -OCH3 is 1. The van der Waals surface area contributed by atoms with E-state index in [1.165, 1.54) is 16.9 Å². The van der Waals surface area contributed by atoms with Crippen LogP contribution in [0.3, 0.4) is 0 Å². The second-order valence-electron chi connectivity index (χ2n) is 6.37. The van der Waals surface area contributed by atoms with Gasteiger partial charge in [0.15, 0.2) is 0 Å². The quantitative estimate of drug-likeness (QED) is 0.787. The van der Waals surface area contributed by atoms with E-state index in [9.17, 15) is 9.59 Å². The van der Waals surface area contributed by atoms with Gasteiger partial charge in [0.2, 0.25) is 6.10 Å². The summed E-state index contributed by atoms with van der Waals surface area (Å²) in [4.78, 5) is 25.7. The lowest BCUT2D eigenvalue weighted by Crippen LogP contribution is -2.22. The first-order valence-electron chi connectivity index (χ1n) is 8.26. The van der Waals surface area contributed by atoms with Gasteiger partial charge in [-0.1, -0.05) is 0 Å². The predicted octanol–water partition coefficient (Wildman–Crippen LogP) is 3.38. The fourth-order valence-corrected chi connectivity index (χ4v) is 4.49. The number of aryl methyl sites for hydroxylation is 2. The normalized spacial score (nSPS) is 21.3. The number of ether oxygens (including phenoxy) is 3. The Bertz CT molecular complexity index is 853. The van der Waals surface area contributed by atoms with Crippen molar-refractivity contribution in [1.29, 1.82) is 0 Å². The first-order valence-corrected chi connectivity index (χ1v) is 9.08. The summed E-state index contributed by atoms with van der Waals surface area (Å²) in [6, 6.07) is 7.90. The molecule has 6 heteroatoms. The minimum Gasteiger partial charge on any atom is -0.497 e. The molecule has 1 aliphatic carbocycles. The highest BCUT2D eigenvalue weighted by Gasteiger charge is 2.35. The summed E-state index contributed by atoms with van der Waals surface area (Å²) in [6.07, 6.45) is 1.21. The van der Waals surface area contributed by atoms with Gasteiger partial charge < -0.3 is 14.2 Å². The largest absolute Gasteiger partial charge is 0.497 e. The summed E-state index contributed by atoms with van der Waals surface area (Å²) in [7, 11) is 1.66. The Morgan fingerprint density at radius 2 is 2.04 bits per heavy atom. The second kappa shape index (κ2) is 6.19. The third kappa shape index (κ3) is 2.91. The van der Waals surface area contributed by atoms with Crippen LogP contribution in [0.5, 0.6) is 5.75 Å². The van der Waals surface area contributed by atoms with E-state index in [0.29, 0.717) is 11.3 Å². The van der Waals surface area contributed by atoms with Crippen molar-refractivity contribution in [3.8, 4) is 16.2 Å². The minimum atomic E-state index is -0.793. The van der Waals surface area contributed by atoms with Gasteiger partial charge in [0.05, 0.1) is 7.11 Å². The molecule has 1 saturated heterocycles. The van der Waals surface area contributed by atoms with Crippen LogP contribution in [0.2, 0.25) is 0 Å². The maximum atomic E-state index is 12.4. The average molecular weight is 358 g/mol. The molecule has 0 radical (unpaired) electrons. The summed E-state index contributed by atoms with van der Waals surface area (Å²) >= 11 is 1.42. The summed E-state index contributed by atoms with van der Waals surface area (Å²) in [5.74, 6) is -0.0719. The van der Waals surface area contributed by atoms with Crippen molar-refractivity contribution >= 4 is 23.3 Å². The van der Waals surface area contributed by atoms with Crippen molar-refractivity contribution in [2.75, 3.05) is 7.11 Å². The lowest BCUT2D eigenvalue weighted by Gasteiger charge is -2.16. The van der Waals surface area contributed by atoms with Gasteiger partial charge in [-0.05, 0) is 60.7 Å². The molecular formula is C19H18O5S. The van der Waals surface area contributed by atoms with Crippen LogP contribution >= 0.6 is 11.3 Å². The molecule has 1 fully saturated rings. The maximum Gasteiger partial charge on any atom is 0.349 e. The molecule has 0 amide bonds. The zero-order valence-electron chi connectivity index (χ0n) is 14.0. The summed E-state index contributed by atoms with van der Waals surface area (Å²) < 4.78 is 15.7. The van der Waals surface area contributed by atoms with Gasteiger partial charge in [-0.3, -0.25) is 0 Å². The third-order valence-electron chi connectivity index (χ3n) is 4.61. The number of hydrogen-bond donors (Lipinski definition) is 0. The molecule has 0 N–H and O–H groups in total. The topological polar surface area (TPSA) is 61.8 Å². The molecule has 2 atom stereocenters. The predicted molar refractivity (Wildman–Crippen MR) is 93.1 cm³/mol. The van der Waals surface area contributed by atoms with E-state index < -0.39 is 18.0 Å². The zero-order valence-corrected chi connectivity index (χ0v) is 14.9. The minimum absolute atomic E-state index is 0.205. The molecule has 1 aromatic heterocycles. The Balaban J connectivity index is 1.59. The van der Waals surface area contributed by atoms with Crippen molar-refractivity contribution in [3.63, 3.8) is 0 Å². The summed E-state index contributed by atoms with van der Waals surface area (Å²) in [6.45, 7) is 1.79. The SMILES string of the molecule is COc1ccc2c(c1)CCc1cc(C(=O)O[C@H]3C[C@@H](C)OC3=O)sc1-2. The average Bonchev–Trinajstić information content (AvgIpc) is 3.17. The van der Waals surface area contributed by atoms with Gasteiger partial charge in [0, 0.05) is 11.3 Å². The molecule has 0 spiro atoms. The molecule has 130 valence electrons. The van der Waals surface area contributed by atoms with Gasteiger partial charge in [-0.2, -0.15) is 0 Å². The van der Waals surface area contributed by atoms with Crippen molar-refractivity contribution in [2.24, 2.45) is 0 Å². The molecule has 1 aliphatic heterocycles. The van der Waals surface area contributed by atoms with E-state index in [4.69, 9.17) is 14.2 Å². The maximum absolute atomic E-state index is 12.4. The number of cyclic esters (lactones) is 1. The fraction of sp³-hybridized carbons (Fsp3) is 0.368. The first kappa shape index (κ1) is 16.1. The van der Waals surface area contributed by atoms with Crippen molar-refractivity contribution in [1.82, 2.24) is 0 Å². The van der Waals surface area contributed by atoms with E-state index in [0.717, 1.165) is 34.6 Å². The number of fused-ring (bicyclic) bond motifs is 3. The van der Waals surface area contributed by atoms with E-state index >= 15 is 0 Å². The van der Waals surface area contributed by atoms with Crippen LogP contribution in [0.15, 0.2) is 24.3 Å². The van der Waals surface area contributed by atoms with E-state index in [1.54, 1.807) is 14.0 Å². The van der Waals surface area contributed by atoms with Gasteiger partial charge in [0.1, 0.15) is 16.7 Å². The van der Waals surface area contributed by atoms with Crippen molar-refractivity contribution in [2.45, 2.75) is 38.4 Å². The Hall–Kier alpha value is -2.34. The molecule has 4 rings (SSSR count). The fourth-order valence-electron chi connectivity index (χ4n) is 3.34. The molecule has 2 aliphatic rings. The number of carbonyl (C=O) groups excluding carboxylic acids is 2. The number of esters is 2. The van der Waals surface area contributed by atoms with Gasteiger partial charge in [0.25, 0.3) is 0 Å². The Labute approximate surface area is 149 Å². The van der Waals surface area contributed by atoms with Gasteiger partial charge in [-0.15, -0.1) is 11.3 Å². The van der Waals surface area contributed by atoms with Crippen LogP contribution in [-0.2, 0) is 27.1 Å². The molecule has 0 bridgehead atoms. The van der Waals surface area contributed by atoms with Crippen molar-refractivity contribution in [3.05, 3.63) is 40.3 Å². The van der Waals surface area contributed by atoms with Crippen molar-refractivity contribution < 1.29 is 23.8 Å². The smallest absolute Gasteiger partial charge is 0.349 e. The molecular weight excluding hydrogens is 340 g/mol. The third-order valence-corrected chi connectivity index (χ3v) is 5.80. The van der Waals surface area contributed by atoms with E-state index in [-0.39, 0.29) is 6.10 Å². The van der Waals surface area contributed by atoms with Crippen LogP contribution in [0.1, 0.15) is 34.1 Å². The number of carbonyl (C=O) groups is 2. The lowest BCUT2D eigenvalue weighted by atomic mass is 9.91. The number of hydrogen-bond acceptors (Lipinski definition) is 6. The van der Waals surface area contributed by atoms with Crippen LogP contribution in [-0.4, -0.2) is 31.3 Å². The summed E-state index contributed by atoms with van der Waals surface area (Å²) in [5, 5.41) is 0. The van der Waals surface area contributed by atoms with Crippen LogP contribution in [0, 0.1) is 0 Å². The van der Waals surface area contributed by atoms with E-state index in [2.05, 4.69) is 0 Å². The Morgan fingerprint density at radius 3 is 2.76 bits per heavy atom. The van der Waals surface area contributed by atoms with Crippen LogP contribution in [0.25, 0.3) is 10.4 Å². The highest BCUT2D eigenvalue weighted by atomic mass is 32.1. The molecule has 5 nitrogen and oxygen atoms in total. The molecule has 0 saturated carbocycles. The second-order valence-corrected chi connectivity index (χ2v) is 7.42. The molecule has 25 heavy (non-hydrogen) atoms. The number of thiophene rings is 1. The lowest BCUT2D eigenvalue weighted by molar-refractivity contribution is -0.147. The molecule has 1 aromatic carbocycles. The van der Waals surface area contributed by atoms with E-state index in [1.807, 2.05) is 24.3 Å². The highest BCUT2D eigenvalue weighted by Crippen LogP contribution is 2.41. The van der Waals surface area contributed by atoms with Crippen LogP contribution < -0.4 is 4.74 Å². The van der Waals surface area contributed by atoms with Gasteiger partial charge >= 0.3 is 11.9 Å². The molecule has 2 aromatic rings. The van der Waals surface area contributed by atoms with Gasteiger partial charge in [-0.25, -0.2) is 9.59 Å². The summed E-state index contributed by atoms with van der Waals surface area (Å²) in [5.41, 5.74) is 3.51. The standard InChI is InChI=1S/C19H18O5S/c1-10-7-15(18(20)23-10)24-19(21)16-9-12-4-3-11-8-13(22-2)5-6-14(11)17(12)25-16/h5-6,8-10,15H,3-4,7H2,1-2H3/t10-,15+/m1/s1. The zero-order chi connectivity index (χ0) is 17.6. The highest BCUT2D eigenvalue weighted by molar-refractivity contribution is 7.17. The molecule has 2 heterocycles. The number of benzene rings is 1. The number of rotatable bonds is 3.